The van der Waals surface area contributed by atoms with Crippen LogP contribution in [-0.2, 0) is 16.0 Å². The van der Waals surface area contributed by atoms with Crippen molar-refractivity contribution in [2.45, 2.75) is 38.8 Å². The second kappa shape index (κ2) is 5.77. The number of nitrogens with zero attached hydrogens (tertiary/aromatic N) is 4. The lowest BCUT2D eigenvalue weighted by Crippen LogP contribution is -2.52. The number of aliphatic carboxylic acids is 1. The molecule has 1 fully saturated rings. The number of likely N-dealkylation sites (tertiary alicyclic amines) is 1. The smallest absolute Gasteiger partial charge is 0.410 e. The maximum Gasteiger partial charge on any atom is 0.410 e. The average Bonchev–Trinajstić information content (AvgIpc) is 2.76. The molecule has 0 radical (unpaired) electrons. The molecule has 3 rings (SSSR count). The van der Waals surface area contributed by atoms with Crippen LogP contribution in [0.15, 0.2) is 18.3 Å². The first kappa shape index (κ1) is 16.2. The Morgan fingerprint density at radius 2 is 2.00 bits per heavy atom. The first-order valence-corrected chi connectivity index (χ1v) is 7.76. The Hall–Kier alpha value is -2.64. The molecule has 2 aromatic heterocycles. The van der Waals surface area contributed by atoms with Crippen molar-refractivity contribution in [1.82, 2.24) is 19.7 Å². The number of hydrogen-bond acceptors (Lipinski definition) is 5. The molecule has 3 heterocycles. The van der Waals surface area contributed by atoms with Crippen LogP contribution in [0.25, 0.3) is 11.0 Å². The Labute approximate surface area is 139 Å². The first-order chi connectivity index (χ1) is 11.2. The molecule has 0 spiro atoms. The molecule has 0 unspecified atom stereocenters. The molecule has 0 saturated carbocycles. The number of fused-ring (bicyclic) bond motifs is 1. The van der Waals surface area contributed by atoms with Crippen LogP contribution in [0.4, 0.5) is 4.79 Å². The lowest BCUT2D eigenvalue weighted by atomic mass is 10.1. The van der Waals surface area contributed by atoms with Gasteiger partial charge in [0.25, 0.3) is 0 Å². The van der Waals surface area contributed by atoms with Gasteiger partial charge < -0.3 is 14.7 Å². The Bertz CT molecular complexity index is 787. The minimum Gasteiger partial charge on any atom is -0.481 e. The number of pyridine rings is 1. The molecule has 1 aliphatic heterocycles. The molecule has 128 valence electrons. The Kier molecular flexibility index (Phi) is 3.90. The fraction of sp³-hybridized carbons (Fsp3) is 0.500. The van der Waals surface area contributed by atoms with Gasteiger partial charge in [0.2, 0.25) is 0 Å². The average molecular weight is 332 g/mol. The van der Waals surface area contributed by atoms with Crippen LogP contribution in [0.1, 0.15) is 32.5 Å². The van der Waals surface area contributed by atoms with Gasteiger partial charge in [0, 0.05) is 13.1 Å². The summed E-state index contributed by atoms with van der Waals surface area (Å²) in [6.45, 7) is 6.57. The third kappa shape index (κ3) is 3.47. The van der Waals surface area contributed by atoms with E-state index in [0.29, 0.717) is 29.8 Å². The van der Waals surface area contributed by atoms with E-state index in [-0.39, 0.29) is 18.6 Å². The Morgan fingerprint density at radius 3 is 2.62 bits per heavy atom. The van der Waals surface area contributed by atoms with Crippen LogP contribution in [0.5, 0.6) is 0 Å². The molecular formula is C16H20N4O4. The number of ether oxygens (including phenoxy) is 1. The number of carbonyl (C=O) groups excluding carboxylic acids is 1. The van der Waals surface area contributed by atoms with Gasteiger partial charge in [-0.3, -0.25) is 9.48 Å². The number of carboxylic acids is 1. The number of carboxylic acid groups (broad SMARTS) is 1. The van der Waals surface area contributed by atoms with Crippen LogP contribution in [0.3, 0.4) is 0 Å². The molecule has 24 heavy (non-hydrogen) atoms. The molecule has 0 bridgehead atoms. The SMILES string of the molecule is CC(C)(C)OC(=O)N1CC(n2cc3nc(CC(=O)O)ccc3n2)C1. The highest BCUT2D eigenvalue weighted by molar-refractivity contribution is 5.75. The second-order valence-electron chi connectivity index (χ2n) is 6.93. The van der Waals surface area contributed by atoms with Crippen molar-refractivity contribution in [3.8, 4) is 0 Å². The predicted molar refractivity (Wildman–Crippen MR) is 85.7 cm³/mol. The highest BCUT2D eigenvalue weighted by Gasteiger charge is 2.35. The van der Waals surface area contributed by atoms with E-state index in [9.17, 15) is 9.59 Å². The van der Waals surface area contributed by atoms with E-state index in [1.165, 1.54) is 0 Å². The van der Waals surface area contributed by atoms with Crippen molar-refractivity contribution in [3.63, 3.8) is 0 Å². The summed E-state index contributed by atoms with van der Waals surface area (Å²) < 4.78 is 7.11. The van der Waals surface area contributed by atoms with Crippen LogP contribution in [0.2, 0.25) is 0 Å². The maximum absolute atomic E-state index is 11.9. The molecule has 8 heteroatoms. The van der Waals surface area contributed by atoms with E-state index in [1.807, 2.05) is 20.8 Å². The largest absolute Gasteiger partial charge is 0.481 e. The van der Waals surface area contributed by atoms with Crippen molar-refractivity contribution in [2.75, 3.05) is 13.1 Å². The molecule has 1 saturated heterocycles. The maximum atomic E-state index is 11.9. The van der Waals surface area contributed by atoms with E-state index in [1.54, 1.807) is 27.9 Å². The predicted octanol–water partition coefficient (Wildman–Crippen LogP) is 1.85. The van der Waals surface area contributed by atoms with Gasteiger partial charge in [-0.2, -0.15) is 5.10 Å². The van der Waals surface area contributed by atoms with Crippen molar-refractivity contribution in [2.24, 2.45) is 0 Å². The summed E-state index contributed by atoms with van der Waals surface area (Å²) in [6, 6.07) is 3.51. The van der Waals surface area contributed by atoms with Gasteiger partial charge >= 0.3 is 12.1 Å². The summed E-state index contributed by atoms with van der Waals surface area (Å²) in [5.74, 6) is -0.916. The fourth-order valence-electron chi connectivity index (χ4n) is 2.51. The molecule has 0 aromatic carbocycles. The third-order valence-electron chi connectivity index (χ3n) is 3.66. The third-order valence-corrected chi connectivity index (χ3v) is 3.66. The van der Waals surface area contributed by atoms with Gasteiger partial charge in [-0.05, 0) is 32.9 Å². The van der Waals surface area contributed by atoms with Crippen molar-refractivity contribution in [3.05, 3.63) is 24.0 Å². The van der Waals surface area contributed by atoms with Gasteiger partial charge in [-0.15, -0.1) is 0 Å². The van der Waals surface area contributed by atoms with Crippen molar-refractivity contribution >= 4 is 23.1 Å². The monoisotopic (exact) mass is 332 g/mol. The molecule has 1 amide bonds. The number of rotatable bonds is 3. The molecule has 1 aliphatic rings. The summed E-state index contributed by atoms with van der Waals surface area (Å²) in [5, 5.41) is 13.3. The van der Waals surface area contributed by atoms with Gasteiger partial charge in [-0.1, -0.05) is 0 Å². The number of hydrogen-bond donors (Lipinski definition) is 1. The zero-order valence-corrected chi connectivity index (χ0v) is 13.9. The molecule has 8 nitrogen and oxygen atoms in total. The van der Waals surface area contributed by atoms with E-state index in [2.05, 4.69) is 10.1 Å². The normalized spacial score (nSPS) is 15.4. The van der Waals surface area contributed by atoms with Crippen LogP contribution >= 0.6 is 0 Å². The van der Waals surface area contributed by atoms with Crippen LogP contribution < -0.4 is 0 Å². The Balaban J connectivity index is 1.66. The number of carbonyl (C=O) groups is 2. The minimum absolute atomic E-state index is 0.0784. The van der Waals surface area contributed by atoms with Crippen molar-refractivity contribution < 1.29 is 19.4 Å². The summed E-state index contributed by atoms with van der Waals surface area (Å²) in [4.78, 5) is 28.6. The zero-order valence-electron chi connectivity index (χ0n) is 13.9. The number of amides is 1. The summed E-state index contributed by atoms with van der Waals surface area (Å²) in [7, 11) is 0. The van der Waals surface area contributed by atoms with E-state index < -0.39 is 11.6 Å². The quantitative estimate of drug-likeness (QED) is 0.921. The second-order valence-corrected chi connectivity index (χ2v) is 6.93. The molecule has 1 N–H and O–H groups in total. The van der Waals surface area contributed by atoms with E-state index >= 15 is 0 Å². The molecule has 0 aliphatic carbocycles. The van der Waals surface area contributed by atoms with E-state index in [4.69, 9.17) is 9.84 Å². The standard InChI is InChI=1S/C16H20N4O4/c1-16(2,3)24-15(23)19-7-11(8-19)20-9-13-12(18-20)5-4-10(17-13)6-14(21)22/h4-5,9,11H,6-8H2,1-3H3,(H,21,22). The molecule has 2 aromatic rings. The lowest BCUT2D eigenvalue weighted by molar-refractivity contribution is -0.136. The minimum atomic E-state index is -0.916. The van der Waals surface area contributed by atoms with Crippen LogP contribution in [0, 0.1) is 0 Å². The van der Waals surface area contributed by atoms with Gasteiger partial charge in [-0.25, -0.2) is 9.78 Å². The number of aromatic nitrogens is 3. The van der Waals surface area contributed by atoms with E-state index in [0.717, 1.165) is 0 Å². The van der Waals surface area contributed by atoms with Crippen molar-refractivity contribution in [1.29, 1.82) is 0 Å². The van der Waals surface area contributed by atoms with Gasteiger partial charge in [0.1, 0.15) is 16.6 Å². The molecule has 0 atom stereocenters. The Morgan fingerprint density at radius 1 is 1.29 bits per heavy atom. The summed E-state index contributed by atoms with van der Waals surface area (Å²) >= 11 is 0. The highest BCUT2D eigenvalue weighted by Crippen LogP contribution is 2.24. The van der Waals surface area contributed by atoms with Gasteiger partial charge in [0.15, 0.2) is 0 Å². The topological polar surface area (TPSA) is 97.6 Å². The lowest BCUT2D eigenvalue weighted by Gasteiger charge is -2.39. The first-order valence-electron chi connectivity index (χ1n) is 7.76. The van der Waals surface area contributed by atoms with Crippen LogP contribution in [-0.4, -0.2) is 55.5 Å². The summed E-state index contributed by atoms with van der Waals surface area (Å²) in [5.41, 5.74) is 1.36. The van der Waals surface area contributed by atoms with Gasteiger partial charge in [0.05, 0.1) is 24.4 Å². The zero-order chi connectivity index (χ0) is 17.5. The highest BCUT2D eigenvalue weighted by atomic mass is 16.6. The molecular weight excluding hydrogens is 312 g/mol. The summed E-state index contributed by atoms with van der Waals surface area (Å²) in [6.07, 6.45) is 1.35. The fourth-order valence-corrected chi connectivity index (χ4v) is 2.51.